The molecule has 2 nitrogen and oxygen atoms in total. The molecule has 0 bridgehead atoms. The van der Waals surface area contributed by atoms with E-state index in [1.54, 1.807) is 0 Å². The normalized spacial score (nSPS) is 13.8. The summed E-state index contributed by atoms with van der Waals surface area (Å²) in [5, 5.41) is 0.701. The summed E-state index contributed by atoms with van der Waals surface area (Å²) in [6.45, 7) is 0.576. The van der Waals surface area contributed by atoms with E-state index in [0.29, 0.717) is 18.0 Å². The van der Waals surface area contributed by atoms with Crippen LogP contribution in [0.1, 0.15) is 11.1 Å². The van der Waals surface area contributed by atoms with E-state index in [2.05, 4.69) is 28.7 Å². The number of halogens is 2. The van der Waals surface area contributed by atoms with Crippen LogP contribution in [0.25, 0.3) is 0 Å². The second kappa shape index (κ2) is 5.13. The molecule has 1 heterocycles. The summed E-state index contributed by atoms with van der Waals surface area (Å²) in [7, 11) is 0. The summed E-state index contributed by atoms with van der Waals surface area (Å²) < 4.78 is 1.16. The molecular formula is C15H11ClINO. The Kier molecular flexibility index (Phi) is 3.50. The van der Waals surface area contributed by atoms with Crippen molar-refractivity contribution in [3.63, 3.8) is 0 Å². The van der Waals surface area contributed by atoms with Crippen molar-refractivity contribution < 1.29 is 4.79 Å². The Labute approximate surface area is 130 Å². The van der Waals surface area contributed by atoms with Crippen LogP contribution in [-0.4, -0.2) is 5.91 Å². The first-order valence-electron chi connectivity index (χ1n) is 5.97. The molecule has 0 N–H and O–H groups in total. The first-order valence-corrected chi connectivity index (χ1v) is 7.42. The number of benzene rings is 2. The number of rotatable bonds is 2. The van der Waals surface area contributed by atoms with E-state index in [4.69, 9.17) is 11.6 Å². The molecule has 0 saturated heterocycles. The number of anilines is 1. The lowest BCUT2D eigenvalue weighted by atomic mass is 10.1. The lowest BCUT2D eigenvalue weighted by Gasteiger charge is -2.17. The van der Waals surface area contributed by atoms with E-state index >= 15 is 0 Å². The minimum Gasteiger partial charge on any atom is -0.307 e. The van der Waals surface area contributed by atoms with Crippen LogP contribution in [0.2, 0.25) is 5.02 Å². The van der Waals surface area contributed by atoms with Gasteiger partial charge in [-0.3, -0.25) is 4.79 Å². The van der Waals surface area contributed by atoms with Gasteiger partial charge >= 0.3 is 0 Å². The minimum absolute atomic E-state index is 0.150. The van der Waals surface area contributed by atoms with Crippen LogP contribution in [0, 0.1) is 3.57 Å². The molecule has 2 aromatic carbocycles. The predicted octanol–water partition coefficient (Wildman–Crippen LogP) is 4.03. The van der Waals surface area contributed by atoms with Crippen molar-refractivity contribution in [2.24, 2.45) is 0 Å². The average Bonchev–Trinajstić information content (AvgIpc) is 2.65. The lowest BCUT2D eigenvalue weighted by molar-refractivity contribution is -0.117. The Hall–Kier alpha value is -1.07. The monoisotopic (exact) mass is 383 g/mol. The number of carbonyl (C=O) groups excluding carboxylic acids is 1. The first-order chi connectivity index (χ1) is 9.13. The minimum atomic E-state index is 0.150. The fraction of sp³-hybridized carbons (Fsp3) is 0.133. The van der Waals surface area contributed by atoms with Gasteiger partial charge in [-0.25, -0.2) is 0 Å². The molecule has 1 aliphatic heterocycles. The zero-order chi connectivity index (χ0) is 13.4. The lowest BCUT2D eigenvalue weighted by Crippen LogP contribution is -2.25. The summed E-state index contributed by atoms with van der Waals surface area (Å²) in [5.41, 5.74) is 3.18. The first kappa shape index (κ1) is 12.9. The van der Waals surface area contributed by atoms with Gasteiger partial charge in [-0.1, -0.05) is 23.7 Å². The van der Waals surface area contributed by atoms with Gasteiger partial charge in [0.15, 0.2) is 0 Å². The van der Waals surface area contributed by atoms with Gasteiger partial charge in [0.1, 0.15) is 0 Å². The van der Waals surface area contributed by atoms with Crippen LogP contribution < -0.4 is 4.90 Å². The Morgan fingerprint density at radius 2 is 2.05 bits per heavy atom. The average molecular weight is 384 g/mol. The van der Waals surface area contributed by atoms with Crippen LogP contribution in [0.4, 0.5) is 5.69 Å². The van der Waals surface area contributed by atoms with Gasteiger partial charge in [0, 0.05) is 14.3 Å². The number of carbonyl (C=O) groups is 1. The van der Waals surface area contributed by atoms with Crippen LogP contribution in [-0.2, 0) is 17.8 Å². The molecule has 4 heteroatoms. The van der Waals surface area contributed by atoms with Crippen molar-refractivity contribution in [3.8, 4) is 0 Å². The SMILES string of the molecule is O=C1Cc2cc(I)ccc2N1Cc1cccc(Cl)c1. The summed E-state index contributed by atoms with van der Waals surface area (Å²) in [5.74, 6) is 0.150. The Bertz CT molecular complexity index is 656. The van der Waals surface area contributed by atoms with Gasteiger partial charge in [-0.05, 0) is 64.0 Å². The largest absolute Gasteiger partial charge is 0.307 e. The standard InChI is InChI=1S/C15H11ClINO/c16-12-3-1-2-10(6-12)9-18-14-5-4-13(17)7-11(14)8-15(18)19/h1-7H,8-9H2. The van der Waals surface area contributed by atoms with Crippen LogP contribution in [0.15, 0.2) is 42.5 Å². The molecular weight excluding hydrogens is 373 g/mol. The number of amides is 1. The molecule has 0 atom stereocenters. The zero-order valence-electron chi connectivity index (χ0n) is 10.1. The molecule has 96 valence electrons. The van der Waals surface area contributed by atoms with Gasteiger partial charge in [0.05, 0.1) is 13.0 Å². The maximum Gasteiger partial charge on any atom is 0.231 e. The van der Waals surface area contributed by atoms with Crippen LogP contribution in [0.5, 0.6) is 0 Å². The smallest absolute Gasteiger partial charge is 0.231 e. The second-order valence-electron chi connectivity index (χ2n) is 4.56. The summed E-state index contributed by atoms with van der Waals surface area (Å²) in [6.07, 6.45) is 0.493. The van der Waals surface area contributed by atoms with Gasteiger partial charge in [-0.2, -0.15) is 0 Å². The molecule has 1 aliphatic rings. The van der Waals surface area contributed by atoms with E-state index in [-0.39, 0.29) is 5.91 Å². The van der Waals surface area contributed by atoms with E-state index in [0.717, 1.165) is 20.4 Å². The van der Waals surface area contributed by atoms with Crippen molar-refractivity contribution in [2.75, 3.05) is 4.90 Å². The van der Waals surface area contributed by atoms with Gasteiger partial charge in [0.25, 0.3) is 0 Å². The predicted molar refractivity (Wildman–Crippen MR) is 85.5 cm³/mol. The van der Waals surface area contributed by atoms with Crippen LogP contribution in [0.3, 0.4) is 0 Å². The molecule has 0 radical (unpaired) electrons. The summed E-state index contributed by atoms with van der Waals surface area (Å²) >= 11 is 8.25. The van der Waals surface area contributed by atoms with Crippen molar-refractivity contribution in [2.45, 2.75) is 13.0 Å². The number of hydrogen-bond acceptors (Lipinski definition) is 1. The van der Waals surface area contributed by atoms with Crippen LogP contribution >= 0.6 is 34.2 Å². The third kappa shape index (κ3) is 2.62. The third-order valence-corrected chi connectivity index (χ3v) is 4.11. The van der Waals surface area contributed by atoms with Crippen molar-refractivity contribution >= 4 is 45.8 Å². The molecule has 19 heavy (non-hydrogen) atoms. The maximum atomic E-state index is 12.1. The number of hydrogen-bond donors (Lipinski definition) is 0. The highest BCUT2D eigenvalue weighted by Crippen LogP contribution is 2.31. The molecule has 3 rings (SSSR count). The van der Waals surface area contributed by atoms with E-state index in [1.807, 2.05) is 41.3 Å². The van der Waals surface area contributed by atoms with Gasteiger partial charge in [0.2, 0.25) is 5.91 Å². The van der Waals surface area contributed by atoms with Crippen molar-refractivity contribution in [3.05, 3.63) is 62.2 Å². The van der Waals surface area contributed by atoms with E-state index in [9.17, 15) is 4.79 Å². The molecule has 0 aromatic heterocycles. The highest BCUT2D eigenvalue weighted by Gasteiger charge is 2.27. The van der Waals surface area contributed by atoms with E-state index in [1.165, 1.54) is 0 Å². The fourth-order valence-electron chi connectivity index (χ4n) is 2.34. The number of nitrogens with zero attached hydrogens (tertiary/aromatic N) is 1. The van der Waals surface area contributed by atoms with Gasteiger partial charge in [-0.15, -0.1) is 0 Å². The molecule has 0 fully saturated rings. The maximum absolute atomic E-state index is 12.1. The molecule has 0 spiro atoms. The highest BCUT2D eigenvalue weighted by molar-refractivity contribution is 14.1. The third-order valence-electron chi connectivity index (χ3n) is 3.20. The Morgan fingerprint density at radius 3 is 2.84 bits per heavy atom. The van der Waals surface area contributed by atoms with Gasteiger partial charge < -0.3 is 4.90 Å². The molecule has 2 aromatic rings. The molecule has 0 aliphatic carbocycles. The number of fused-ring (bicyclic) bond motifs is 1. The Balaban J connectivity index is 1.92. The van der Waals surface area contributed by atoms with E-state index < -0.39 is 0 Å². The zero-order valence-corrected chi connectivity index (χ0v) is 13.0. The van der Waals surface area contributed by atoms with Crippen molar-refractivity contribution in [1.29, 1.82) is 0 Å². The summed E-state index contributed by atoms with van der Waals surface area (Å²) in [4.78, 5) is 14.0. The molecule has 1 amide bonds. The summed E-state index contributed by atoms with van der Waals surface area (Å²) in [6, 6.07) is 13.8. The van der Waals surface area contributed by atoms with Crippen molar-refractivity contribution in [1.82, 2.24) is 0 Å². The molecule has 0 unspecified atom stereocenters. The topological polar surface area (TPSA) is 20.3 Å². The second-order valence-corrected chi connectivity index (χ2v) is 6.24. The fourth-order valence-corrected chi connectivity index (χ4v) is 3.11. The Morgan fingerprint density at radius 1 is 1.21 bits per heavy atom. The highest BCUT2D eigenvalue weighted by atomic mass is 127. The quantitative estimate of drug-likeness (QED) is 0.717. The molecule has 0 saturated carbocycles.